The summed E-state index contributed by atoms with van der Waals surface area (Å²) in [4.78, 5) is 8.08. The van der Waals surface area contributed by atoms with Gasteiger partial charge in [0.2, 0.25) is 5.88 Å². The highest BCUT2D eigenvalue weighted by atomic mass is 16.5. The van der Waals surface area contributed by atoms with Gasteiger partial charge in [-0.15, -0.1) is 0 Å². The van der Waals surface area contributed by atoms with Crippen molar-refractivity contribution in [3.05, 3.63) is 11.3 Å². The Morgan fingerprint density at radius 3 is 2.38 bits per heavy atom. The summed E-state index contributed by atoms with van der Waals surface area (Å²) in [5, 5.41) is 0. The third-order valence-corrected chi connectivity index (χ3v) is 1.74. The lowest BCUT2D eigenvalue weighted by Gasteiger charge is -2.08. The first-order chi connectivity index (χ1) is 6.22. The maximum absolute atomic E-state index is 5.52. The van der Waals surface area contributed by atoms with Crippen LogP contribution < -0.4 is 15.2 Å². The Labute approximate surface area is 76.9 Å². The Hall–Kier alpha value is -1.36. The summed E-state index contributed by atoms with van der Waals surface area (Å²) >= 11 is 0. The molecule has 13 heavy (non-hydrogen) atoms. The molecule has 1 rings (SSSR count). The van der Waals surface area contributed by atoms with Crippen molar-refractivity contribution in [3.8, 4) is 11.9 Å². The first-order valence-electron chi connectivity index (χ1n) is 3.88. The van der Waals surface area contributed by atoms with E-state index < -0.39 is 0 Å². The van der Waals surface area contributed by atoms with E-state index in [2.05, 4.69) is 9.97 Å². The summed E-state index contributed by atoms with van der Waals surface area (Å²) in [5.41, 5.74) is 7.11. The Morgan fingerprint density at radius 1 is 1.23 bits per heavy atom. The van der Waals surface area contributed by atoms with E-state index in [1.165, 1.54) is 7.11 Å². The van der Waals surface area contributed by atoms with Gasteiger partial charge < -0.3 is 15.2 Å². The van der Waals surface area contributed by atoms with Crippen LogP contribution in [0, 0.1) is 6.92 Å². The van der Waals surface area contributed by atoms with Crippen molar-refractivity contribution in [1.29, 1.82) is 0 Å². The first kappa shape index (κ1) is 9.73. The molecule has 0 aliphatic rings. The van der Waals surface area contributed by atoms with Crippen molar-refractivity contribution >= 4 is 0 Å². The molecule has 0 atom stereocenters. The molecule has 0 amide bonds. The van der Waals surface area contributed by atoms with Crippen LogP contribution >= 0.6 is 0 Å². The van der Waals surface area contributed by atoms with Crippen LogP contribution in [0.1, 0.15) is 11.3 Å². The summed E-state index contributed by atoms with van der Waals surface area (Å²) in [6.45, 7) is 2.20. The van der Waals surface area contributed by atoms with Crippen molar-refractivity contribution in [1.82, 2.24) is 9.97 Å². The Kier molecular flexibility index (Phi) is 3.02. The van der Waals surface area contributed by atoms with E-state index in [4.69, 9.17) is 15.2 Å². The second kappa shape index (κ2) is 4.04. The summed E-state index contributed by atoms with van der Waals surface area (Å²) < 4.78 is 9.94. The molecular formula is C8H13N3O2. The predicted molar refractivity (Wildman–Crippen MR) is 47.8 cm³/mol. The molecule has 0 unspecified atom stereocenters. The lowest BCUT2D eigenvalue weighted by atomic mass is 10.2. The molecule has 0 aromatic carbocycles. The average Bonchev–Trinajstić information content (AvgIpc) is 2.16. The van der Waals surface area contributed by atoms with Gasteiger partial charge in [0.25, 0.3) is 0 Å². The SMILES string of the molecule is COc1nc(C)c(CN)c(OC)n1. The minimum atomic E-state index is 0.298. The summed E-state index contributed by atoms with van der Waals surface area (Å²) in [7, 11) is 3.05. The number of methoxy groups -OCH3 is 2. The van der Waals surface area contributed by atoms with Crippen LogP contribution in [0.2, 0.25) is 0 Å². The molecular weight excluding hydrogens is 170 g/mol. The molecule has 0 fully saturated rings. The zero-order valence-electron chi connectivity index (χ0n) is 8.00. The molecule has 5 heteroatoms. The van der Waals surface area contributed by atoms with E-state index >= 15 is 0 Å². The summed E-state index contributed by atoms with van der Waals surface area (Å²) in [6, 6.07) is 0.298. The van der Waals surface area contributed by atoms with Gasteiger partial charge in [0, 0.05) is 12.1 Å². The monoisotopic (exact) mass is 183 g/mol. The van der Waals surface area contributed by atoms with Crippen LogP contribution in [-0.4, -0.2) is 24.2 Å². The fourth-order valence-corrected chi connectivity index (χ4v) is 1.04. The third-order valence-electron chi connectivity index (χ3n) is 1.74. The Bertz CT molecular complexity index is 302. The number of ether oxygens (including phenoxy) is 2. The van der Waals surface area contributed by atoms with Gasteiger partial charge in [-0.1, -0.05) is 0 Å². The lowest BCUT2D eigenvalue weighted by molar-refractivity contribution is 0.347. The smallest absolute Gasteiger partial charge is 0.319 e. The van der Waals surface area contributed by atoms with Gasteiger partial charge in [0.05, 0.1) is 19.9 Å². The van der Waals surface area contributed by atoms with E-state index in [0.717, 1.165) is 11.3 Å². The fourth-order valence-electron chi connectivity index (χ4n) is 1.04. The highest BCUT2D eigenvalue weighted by molar-refractivity contribution is 5.31. The molecule has 72 valence electrons. The number of hydrogen-bond donors (Lipinski definition) is 1. The van der Waals surface area contributed by atoms with Gasteiger partial charge in [0.15, 0.2) is 0 Å². The van der Waals surface area contributed by atoms with Crippen molar-refractivity contribution in [2.75, 3.05) is 14.2 Å². The van der Waals surface area contributed by atoms with E-state index in [1.807, 2.05) is 6.92 Å². The number of nitrogens with zero attached hydrogens (tertiary/aromatic N) is 2. The molecule has 0 aliphatic heterocycles. The Balaban J connectivity index is 3.20. The molecule has 0 aliphatic carbocycles. The van der Waals surface area contributed by atoms with Gasteiger partial charge in [-0.05, 0) is 6.92 Å². The van der Waals surface area contributed by atoms with Crippen LogP contribution in [0.15, 0.2) is 0 Å². The molecule has 5 nitrogen and oxygen atoms in total. The largest absolute Gasteiger partial charge is 0.481 e. The van der Waals surface area contributed by atoms with Crippen LogP contribution in [-0.2, 0) is 6.54 Å². The Morgan fingerprint density at radius 2 is 1.92 bits per heavy atom. The standard InChI is InChI=1S/C8H13N3O2/c1-5-6(4-9)7(12-2)11-8(10-5)13-3/h4,9H2,1-3H3. The number of hydrogen-bond acceptors (Lipinski definition) is 5. The maximum atomic E-state index is 5.52. The summed E-state index contributed by atoms with van der Waals surface area (Å²) in [6.07, 6.45) is 0. The molecule has 1 heterocycles. The van der Waals surface area contributed by atoms with Gasteiger partial charge >= 0.3 is 6.01 Å². The second-order valence-electron chi connectivity index (χ2n) is 2.49. The van der Waals surface area contributed by atoms with Crippen molar-refractivity contribution in [3.63, 3.8) is 0 Å². The topological polar surface area (TPSA) is 70.3 Å². The number of rotatable bonds is 3. The van der Waals surface area contributed by atoms with E-state index in [9.17, 15) is 0 Å². The van der Waals surface area contributed by atoms with Gasteiger partial charge in [-0.3, -0.25) is 0 Å². The van der Waals surface area contributed by atoms with Crippen molar-refractivity contribution in [2.45, 2.75) is 13.5 Å². The van der Waals surface area contributed by atoms with E-state index in [1.54, 1.807) is 7.11 Å². The highest BCUT2D eigenvalue weighted by Crippen LogP contribution is 2.20. The minimum Gasteiger partial charge on any atom is -0.481 e. The lowest BCUT2D eigenvalue weighted by Crippen LogP contribution is -2.07. The summed E-state index contributed by atoms with van der Waals surface area (Å²) in [5.74, 6) is 0.479. The molecule has 0 bridgehead atoms. The molecule has 1 aromatic heterocycles. The zero-order valence-corrected chi connectivity index (χ0v) is 8.00. The van der Waals surface area contributed by atoms with Gasteiger partial charge in [0.1, 0.15) is 0 Å². The molecule has 1 aromatic rings. The van der Waals surface area contributed by atoms with Gasteiger partial charge in [-0.25, -0.2) is 0 Å². The quantitative estimate of drug-likeness (QED) is 0.727. The minimum absolute atomic E-state index is 0.298. The van der Waals surface area contributed by atoms with Crippen molar-refractivity contribution in [2.24, 2.45) is 5.73 Å². The molecule has 0 saturated heterocycles. The van der Waals surface area contributed by atoms with Gasteiger partial charge in [-0.2, -0.15) is 9.97 Å². The third kappa shape index (κ3) is 1.86. The van der Waals surface area contributed by atoms with Crippen LogP contribution in [0.5, 0.6) is 11.9 Å². The maximum Gasteiger partial charge on any atom is 0.319 e. The fraction of sp³-hybridized carbons (Fsp3) is 0.500. The number of aromatic nitrogens is 2. The van der Waals surface area contributed by atoms with Crippen LogP contribution in [0.4, 0.5) is 0 Å². The van der Waals surface area contributed by atoms with Crippen LogP contribution in [0.25, 0.3) is 0 Å². The zero-order chi connectivity index (χ0) is 9.84. The molecule has 2 N–H and O–H groups in total. The number of aryl methyl sites for hydroxylation is 1. The van der Waals surface area contributed by atoms with Crippen molar-refractivity contribution < 1.29 is 9.47 Å². The molecule has 0 spiro atoms. The molecule has 0 radical (unpaired) electrons. The normalized spacial score (nSPS) is 9.85. The number of nitrogens with two attached hydrogens (primary N) is 1. The second-order valence-corrected chi connectivity index (χ2v) is 2.49. The first-order valence-corrected chi connectivity index (χ1v) is 3.88. The highest BCUT2D eigenvalue weighted by Gasteiger charge is 2.10. The average molecular weight is 183 g/mol. The van der Waals surface area contributed by atoms with E-state index in [-0.39, 0.29) is 0 Å². The van der Waals surface area contributed by atoms with E-state index in [0.29, 0.717) is 18.4 Å². The predicted octanol–water partition coefficient (Wildman–Crippen LogP) is 0.261. The van der Waals surface area contributed by atoms with Crippen LogP contribution in [0.3, 0.4) is 0 Å². The molecule has 0 saturated carbocycles.